The number of carboxylic acid groups (broad SMARTS) is 2. The minimum Gasteiger partial charge on any atom is -0.481 e. The van der Waals surface area contributed by atoms with Gasteiger partial charge in [-0.25, -0.2) is 4.79 Å². The molecule has 11 nitrogen and oxygen atoms in total. The molecule has 1 heterocycles. The van der Waals surface area contributed by atoms with Crippen molar-refractivity contribution in [2.45, 2.75) is 63.2 Å². The lowest BCUT2D eigenvalue weighted by Gasteiger charge is -2.23. The second-order valence-corrected chi connectivity index (χ2v) is 7.96. The highest BCUT2D eigenvalue weighted by atomic mass is 16.4. The number of aliphatic carboxylic acids is 2. The van der Waals surface area contributed by atoms with Crippen LogP contribution in [0, 0.1) is 0 Å². The van der Waals surface area contributed by atoms with Gasteiger partial charge in [0.1, 0.15) is 18.1 Å². The van der Waals surface area contributed by atoms with Crippen LogP contribution in [0.15, 0.2) is 30.3 Å². The van der Waals surface area contributed by atoms with Crippen LogP contribution in [0.1, 0.15) is 38.2 Å². The molecule has 1 saturated heterocycles. The largest absolute Gasteiger partial charge is 0.481 e. The van der Waals surface area contributed by atoms with Crippen LogP contribution in [0.25, 0.3) is 0 Å². The smallest absolute Gasteiger partial charge is 0.326 e. The second-order valence-electron chi connectivity index (χ2n) is 7.96. The SMILES string of the molecule is CC(NC(=O)C(Cc1ccccc1)NC(=O)C1CCCN1)C(=O)NC(CCC(=O)O)C(=O)O. The van der Waals surface area contributed by atoms with Crippen molar-refractivity contribution in [3.63, 3.8) is 0 Å². The normalized spacial score (nSPS) is 17.9. The average Bonchev–Trinajstić information content (AvgIpc) is 3.31. The Morgan fingerprint density at radius 1 is 1.00 bits per heavy atom. The first-order valence-electron chi connectivity index (χ1n) is 10.8. The molecule has 0 aromatic heterocycles. The van der Waals surface area contributed by atoms with Crippen molar-refractivity contribution < 1.29 is 34.2 Å². The van der Waals surface area contributed by atoms with E-state index in [9.17, 15) is 29.1 Å². The maximum Gasteiger partial charge on any atom is 0.326 e. The lowest BCUT2D eigenvalue weighted by molar-refractivity contribution is -0.143. The summed E-state index contributed by atoms with van der Waals surface area (Å²) in [6.07, 6.45) is 1.00. The van der Waals surface area contributed by atoms with Crippen LogP contribution in [0.4, 0.5) is 0 Å². The van der Waals surface area contributed by atoms with E-state index in [1.807, 2.05) is 30.3 Å². The predicted octanol–water partition coefficient (Wildman–Crippen LogP) is -0.595. The number of nitrogens with one attached hydrogen (secondary N) is 4. The van der Waals surface area contributed by atoms with Crippen LogP contribution >= 0.6 is 0 Å². The van der Waals surface area contributed by atoms with Crippen molar-refractivity contribution in [3.8, 4) is 0 Å². The number of carbonyl (C=O) groups excluding carboxylic acids is 3. The quantitative estimate of drug-likeness (QED) is 0.239. The van der Waals surface area contributed by atoms with E-state index >= 15 is 0 Å². The molecule has 0 bridgehead atoms. The Morgan fingerprint density at radius 2 is 1.70 bits per heavy atom. The molecule has 1 aromatic carbocycles. The molecule has 3 amide bonds. The number of hydrogen-bond donors (Lipinski definition) is 6. The monoisotopic (exact) mass is 462 g/mol. The second kappa shape index (κ2) is 12.5. The zero-order valence-electron chi connectivity index (χ0n) is 18.4. The van der Waals surface area contributed by atoms with Crippen LogP contribution < -0.4 is 21.3 Å². The number of carboxylic acids is 2. The molecular weight excluding hydrogens is 432 g/mol. The van der Waals surface area contributed by atoms with Gasteiger partial charge in [0.2, 0.25) is 17.7 Å². The van der Waals surface area contributed by atoms with E-state index in [1.165, 1.54) is 6.92 Å². The summed E-state index contributed by atoms with van der Waals surface area (Å²) in [5.41, 5.74) is 0.814. The molecule has 180 valence electrons. The molecule has 11 heteroatoms. The molecule has 4 atom stereocenters. The number of amides is 3. The standard InChI is InChI=1S/C22H30N4O7/c1-13(19(29)25-16(22(32)33)9-10-18(27)28)24-21(31)17(12-14-6-3-2-4-7-14)26-20(30)15-8-5-11-23-15/h2-4,6-7,13,15-17,23H,5,8-12H2,1H3,(H,24,31)(H,25,29)(H,26,30)(H,27,28)(H,32,33). The molecule has 0 saturated carbocycles. The van der Waals surface area contributed by atoms with E-state index in [4.69, 9.17) is 5.11 Å². The Morgan fingerprint density at radius 3 is 2.27 bits per heavy atom. The summed E-state index contributed by atoms with van der Waals surface area (Å²) in [4.78, 5) is 59.9. The first kappa shape index (κ1) is 25.8. The summed E-state index contributed by atoms with van der Waals surface area (Å²) in [5, 5.41) is 28.5. The summed E-state index contributed by atoms with van der Waals surface area (Å²) < 4.78 is 0. The molecule has 0 radical (unpaired) electrons. The molecular formula is C22H30N4O7. The van der Waals surface area contributed by atoms with Gasteiger partial charge in [-0.3, -0.25) is 19.2 Å². The Hall–Kier alpha value is -3.47. The summed E-state index contributed by atoms with van der Waals surface area (Å²) in [7, 11) is 0. The van der Waals surface area contributed by atoms with Crippen LogP contribution in [-0.2, 0) is 30.4 Å². The van der Waals surface area contributed by atoms with E-state index in [-0.39, 0.29) is 24.8 Å². The molecule has 2 rings (SSSR count). The van der Waals surface area contributed by atoms with E-state index in [0.29, 0.717) is 6.42 Å². The van der Waals surface area contributed by atoms with Gasteiger partial charge in [-0.2, -0.15) is 0 Å². The summed E-state index contributed by atoms with van der Waals surface area (Å²) in [6, 6.07) is 5.24. The van der Waals surface area contributed by atoms with E-state index < -0.39 is 48.3 Å². The zero-order valence-corrected chi connectivity index (χ0v) is 18.4. The van der Waals surface area contributed by atoms with E-state index in [2.05, 4.69) is 21.3 Å². The van der Waals surface area contributed by atoms with Gasteiger partial charge in [0.25, 0.3) is 0 Å². The van der Waals surface area contributed by atoms with Crippen molar-refractivity contribution >= 4 is 29.7 Å². The highest BCUT2D eigenvalue weighted by molar-refractivity contribution is 5.94. The third-order valence-corrected chi connectivity index (χ3v) is 5.31. The molecule has 33 heavy (non-hydrogen) atoms. The topological polar surface area (TPSA) is 174 Å². The van der Waals surface area contributed by atoms with Gasteiger partial charge >= 0.3 is 11.9 Å². The first-order valence-corrected chi connectivity index (χ1v) is 10.8. The predicted molar refractivity (Wildman–Crippen MR) is 117 cm³/mol. The highest BCUT2D eigenvalue weighted by Crippen LogP contribution is 2.08. The van der Waals surface area contributed by atoms with Crippen molar-refractivity contribution in [2.75, 3.05) is 6.54 Å². The third-order valence-electron chi connectivity index (χ3n) is 5.31. The fourth-order valence-electron chi connectivity index (χ4n) is 3.44. The molecule has 1 aliphatic rings. The highest BCUT2D eigenvalue weighted by Gasteiger charge is 2.30. The van der Waals surface area contributed by atoms with Gasteiger partial charge < -0.3 is 31.5 Å². The molecule has 0 aliphatic carbocycles. The van der Waals surface area contributed by atoms with Crippen LogP contribution in [-0.4, -0.2) is 70.6 Å². The molecule has 1 fully saturated rings. The van der Waals surface area contributed by atoms with Gasteiger partial charge in [0, 0.05) is 12.8 Å². The molecule has 1 aliphatic heterocycles. The van der Waals surface area contributed by atoms with Gasteiger partial charge in [-0.1, -0.05) is 30.3 Å². The van der Waals surface area contributed by atoms with Gasteiger partial charge in [-0.05, 0) is 38.3 Å². The fraction of sp³-hybridized carbons (Fsp3) is 0.500. The number of benzene rings is 1. The zero-order chi connectivity index (χ0) is 24.4. The first-order chi connectivity index (χ1) is 15.7. The summed E-state index contributed by atoms with van der Waals surface area (Å²) in [6.45, 7) is 2.10. The number of rotatable bonds is 12. The third kappa shape index (κ3) is 8.53. The van der Waals surface area contributed by atoms with Gasteiger partial charge in [0.05, 0.1) is 6.04 Å². The van der Waals surface area contributed by atoms with E-state index in [1.54, 1.807) is 0 Å². The minimum absolute atomic E-state index is 0.204. The Bertz CT molecular complexity index is 856. The van der Waals surface area contributed by atoms with Gasteiger partial charge in [0.15, 0.2) is 0 Å². The minimum atomic E-state index is -1.40. The maximum absolute atomic E-state index is 12.9. The van der Waals surface area contributed by atoms with Crippen molar-refractivity contribution in [3.05, 3.63) is 35.9 Å². The number of hydrogen-bond acceptors (Lipinski definition) is 6. The lowest BCUT2D eigenvalue weighted by atomic mass is 10.0. The van der Waals surface area contributed by atoms with Crippen LogP contribution in [0.5, 0.6) is 0 Å². The van der Waals surface area contributed by atoms with Crippen LogP contribution in [0.3, 0.4) is 0 Å². The number of carbonyl (C=O) groups is 5. The molecule has 4 unspecified atom stereocenters. The van der Waals surface area contributed by atoms with E-state index in [0.717, 1.165) is 18.5 Å². The van der Waals surface area contributed by atoms with Crippen molar-refractivity contribution in [1.29, 1.82) is 0 Å². The van der Waals surface area contributed by atoms with Crippen molar-refractivity contribution in [1.82, 2.24) is 21.3 Å². The average molecular weight is 463 g/mol. The lowest BCUT2D eigenvalue weighted by Crippen LogP contribution is -2.56. The Kier molecular flexibility index (Phi) is 9.80. The van der Waals surface area contributed by atoms with Gasteiger partial charge in [-0.15, -0.1) is 0 Å². The molecule has 0 spiro atoms. The Labute approximate surface area is 191 Å². The van der Waals surface area contributed by atoms with Crippen LogP contribution in [0.2, 0.25) is 0 Å². The summed E-state index contributed by atoms with van der Waals surface area (Å²) in [5.74, 6) is -4.23. The molecule has 6 N–H and O–H groups in total. The molecule has 1 aromatic rings. The Balaban J connectivity index is 2.02. The fourth-order valence-corrected chi connectivity index (χ4v) is 3.44. The van der Waals surface area contributed by atoms with Crippen molar-refractivity contribution in [2.24, 2.45) is 0 Å². The maximum atomic E-state index is 12.9. The summed E-state index contributed by atoms with van der Waals surface area (Å²) >= 11 is 0.